The molecule has 4 heteroatoms. The van der Waals surface area contributed by atoms with Crippen molar-refractivity contribution >= 4 is 5.91 Å². The lowest BCUT2D eigenvalue weighted by Gasteiger charge is -2.31. The summed E-state index contributed by atoms with van der Waals surface area (Å²) in [6.07, 6.45) is 5.88. The van der Waals surface area contributed by atoms with Gasteiger partial charge in [0.05, 0.1) is 6.04 Å². The Morgan fingerprint density at radius 1 is 1.24 bits per heavy atom. The molecule has 2 aliphatic heterocycles. The van der Waals surface area contributed by atoms with E-state index in [0.717, 1.165) is 45.4 Å². The molecular weight excluding hydrogens is 214 g/mol. The highest BCUT2D eigenvalue weighted by molar-refractivity contribution is 5.81. The van der Waals surface area contributed by atoms with Crippen LogP contribution in [0.1, 0.15) is 32.1 Å². The van der Waals surface area contributed by atoms with Crippen molar-refractivity contribution in [2.45, 2.75) is 38.1 Å². The second-order valence-corrected chi connectivity index (χ2v) is 5.45. The zero-order valence-electron chi connectivity index (χ0n) is 10.9. The molecule has 2 fully saturated rings. The molecule has 0 bridgehead atoms. The van der Waals surface area contributed by atoms with Gasteiger partial charge in [-0.2, -0.15) is 0 Å². The smallest absolute Gasteiger partial charge is 0.237 e. The molecule has 2 aliphatic rings. The third-order valence-electron chi connectivity index (χ3n) is 3.98. The van der Waals surface area contributed by atoms with E-state index in [0.29, 0.717) is 5.92 Å². The highest BCUT2D eigenvalue weighted by atomic mass is 16.2. The van der Waals surface area contributed by atoms with E-state index < -0.39 is 0 Å². The Labute approximate surface area is 104 Å². The first-order valence-corrected chi connectivity index (χ1v) is 6.96. The summed E-state index contributed by atoms with van der Waals surface area (Å²) < 4.78 is 0. The van der Waals surface area contributed by atoms with Gasteiger partial charge in [0, 0.05) is 13.1 Å². The lowest BCUT2D eigenvalue weighted by atomic mass is 9.98. The molecular formula is C13H25N3O. The lowest BCUT2D eigenvalue weighted by molar-refractivity contribution is -0.125. The maximum atomic E-state index is 11.9. The zero-order valence-corrected chi connectivity index (χ0v) is 10.9. The third kappa shape index (κ3) is 3.68. The average Bonchev–Trinajstić information content (AvgIpc) is 2.55. The minimum atomic E-state index is 0.0967. The number of amides is 1. The molecule has 0 aromatic carbocycles. The lowest BCUT2D eigenvalue weighted by Crippen LogP contribution is -2.47. The van der Waals surface area contributed by atoms with Crippen LogP contribution in [0.25, 0.3) is 0 Å². The molecule has 0 spiro atoms. The van der Waals surface area contributed by atoms with E-state index in [1.807, 2.05) is 0 Å². The molecule has 4 nitrogen and oxygen atoms in total. The normalized spacial score (nSPS) is 31.1. The number of hydrogen-bond acceptors (Lipinski definition) is 3. The molecule has 2 saturated heterocycles. The second-order valence-electron chi connectivity index (χ2n) is 5.45. The van der Waals surface area contributed by atoms with Crippen LogP contribution >= 0.6 is 0 Å². The van der Waals surface area contributed by atoms with Gasteiger partial charge >= 0.3 is 0 Å². The molecule has 2 rings (SSSR count). The molecule has 2 unspecified atom stereocenters. The summed E-state index contributed by atoms with van der Waals surface area (Å²) in [5, 5.41) is 6.46. The van der Waals surface area contributed by atoms with Crippen molar-refractivity contribution in [2.75, 3.05) is 33.2 Å². The topological polar surface area (TPSA) is 44.4 Å². The van der Waals surface area contributed by atoms with Crippen LogP contribution in [0.3, 0.4) is 0 Å². The van der Waals surface area contributed by atoms with E-state index in [9.17, 15) is 4.79 Å². The summed E-state index contributed by atoms with van der Waals surface area (Å²) in [5.74, 6) is 0.943. The van der Waals surface area contributed by atoms with Crippen molar-refractivity contribution in [3.63, 3.8) is 0 Å². The fourth-order valence-electron chi connectivity index (χ4n) is 2.96. The van der Waals surface area contributed by atoms with Gasteiger partial charge in [-0.3, -0.25) is 9.69 Å². The summed E-state index contributed by atoms with van der Waals surface area (Å²) in [6, 6.07) is 0.0967. The van der Waals surface area contributed by atoms with Crippen molar-refractivity contribution in [1.29, 1.82) is 0 Å². The molecule has 0 aliphatic carbocycles. The van der Waals surface area contributed by atoms with Crippen molar-refractivity contribution < 1.29 is 4.79 Å². The maximum Gasteiger partial charge on any atom is 0.237 e. The van der Waals surface area contributed by atoms with Gasteiger partial charge in [0.25, 0.3) is 0 Å². The van der Waals surface area contributed by atoms with Gasteiger partial charge in [-0.25, -0.2) is 0 Å². The Morgan fingerprint density at radius 3 is 2.88 bits per heavy atom. The highest BCUT2D eigenvalue weighted by Crippen LogP contribution is 2.16. The number of nitrogens with one attached hydrogen (secondary N) is 2. The molecule has 2 atom stereocenters. The summed E-state index contributed by atoms with van der Waals surface area (Å²) in [7, 11) is 2.10. The van der Waals surface area contributed by atoms with E-state index in [1.54, 1.807) is 0 Å². The van der Waals surface area contributed by atoms with Crippen molar-refractivity contribution in [3.8, 4) is 0 Å². The zero-order chi connectivity index (χ0) is 12.1. The Morgan fingerprint density at radius 2 is 2.12 bits per heavy atom. The number of piperidine rings is 1. The van der Waals surface area contributed by atoms with Crippen LogP contribution in [0, 0.1) is 5.92 Å². The fourth-order valence-corrected chi connectivity index (χ4v) is 2.96. The fraction of sp³-hybridized carbons (Fsp3) is 0.923. The highest BCUT2D eigenvalue weighted by Gasteiger charge is 2.26. The first kappa shape index (κ1) is 12.8. The van der Waals surface area contributed by atoms with Gasteiger partial charge < -0.3 is 10.6 Å². The molecule has 0 saturated carbocycles. The summed E-state index contributed by atoms with van der Waals surface area (Å²) in [6.45, 7) is 4.17. The molecule has 2 N–H and O–H groups in total. The Hall–Kier alpha value is -0.610. The van der Waals surface area contributed by atoms with Crippen LogP contribution in [0.2, 0.25) is 0 Å². The monoisotopic (exact) mass is 239 g/mol. The Balaban J connectivity index is 1.84. The van der Waals surface area contributed by atoms with E-state index in [1.165, 1.54) is 12.8 Å². The van der Waals surface area contributed by atoms with Crippen LogP contribution in [0.5, 0.6) is 0 Å². The molecule has 0 aromatic rings. The first-order valence-electron chi connectivity index (χ1n) is 6.96. The van der Waals surface area contributed by atoms with Crippen molar-refractivity contribution in [1.82, 2.24) is 15.5 Å². The SMILES string of the molecule is CN(CC1CCCNC1)C1CCCCNC1=O. The van der Waals surface area contributed by atoms with E-state index in [4.69, 9.17) is 0 Å². The summed E-state index contributed by atoms with van der Waals surface area (Å²) in [5.41, 5.74) is 0. The Bertz CT molecular complexity index is 251. The van der Waals surface area contributed by atoms with Crippen LogP contribution in [-0.2, 0) is 4.79 Å². The second kappa shape index (κ2) is 6.36. The largest absolute Gasteiger partial charge is 0.355 e. The van der Waals surface area contributed by atoms with Gasteiger partial charge in [0.1, 0.15) is 0 Å². The van der Waals surface area contributed by atoms with E-state index in [2.05, 4.69) is 22.6 Å². The molecule has 17 heavy (non-hydrogen) atoms. The first-order chi connectivity index (χ1) is 8.27. The maximum absolute atomic E-state index is 11.9. The number of likely N-dealkylation sites (N-methyl/N-ethyl adjacent to an activating group) is 1. The Kier molecular flexibility index (Phi) is 4.80. The predicted molar refractivity (Wildman–Crippen MR) is 68.9 cm³/mol. The van der Waals surface area contributed by atoms with Crippen LogP contribution < -0.4 is 10.6 Å². The van der Waals surface area contributed by atoms with Gasteiger partial charge in [-0.1, -0.05) is 0 Å². The van der Waals surface area contributed by atoms with E-state index in [-0.39, 0.29) is 11.9 Å². The van der Waals surface area contributed by atoms with Crippen molar-refractivity contribution in [3.05, 3.63) is 0 Å². The molecule has 0 radical (unpaired) electrons. The number of hydrogen-bond donors (Lipinski definition) is 2. The van der Waals surface area contributed by atoms with Gasteiger partial charge in [-0.15, -0.1) is 0 Å². The molecule has 1 amide bonds. The standard InChI is InChI=1S/C13H25N3O/c1-16(10-11-5-4-7-14-9-11)12-6-2-3-8-15-13(12)17/h11-12,14H,2-10H2,1H3,(H,15,17). The quantitative estimate of drug-likeness (QED) is 0.757. The minimum Gasteiger partial charge on any atom is -0.355 e. The van der Waals surface area contributed by atoms with Crippen LogP contribution in [0.4, 0.5) is 0 Å². The molecule has 2 heterocycles. The number of carbonyl (C=O) groups excluding carboxylic acids is 1. The van der Waals surface area contributed by atoms with Crippen LogP contribution in [0.15, 0.2) is 0 Å². The third-order valence-corrected chi connectivity index (χ3v) is 3.98. The van der Waals surface area contributed by atoms with Crippen molar-refractivity contribution in [2.24, 2.45) is 5.92 Å². The number of nitrogens with zero attached hydrogens (tertiary/aromatic N) is 1. The van der Waals surface area contributed by atoms with Gasteiger partial charge in [0.2, 0.25) is 5.91 Å². The summed E-state index contributed by atoms with van der Waals surface area (Å²) >= 11 is 0. The van der Waals surface area contributed by atoms with Crippen LogP contribution in [-0.4, -0.2) is 50.1 Å². The molecule has 98 valence electrons. The van der Waals surface area contributed by atoms with E-state index >= 15 is 0 Å². The molecule has 0 aromatic heterocycles. The average molecular weight is 239 g/mol. The van der Waals surface area contributed by atoms with Gasteiger partial charge in [0.15, 0.2) is 0 Å². The number of carbonyl (C=O) groups is 1. The summed E-state index contributed by atoms with van der Waals surface area (Å²) in [4.78, 5) is 14.2. The minimum absolute atomic E-state index is 0.0967. The van der Waals surface area contributed by atoms with Gasteiger partial charge in [-0.05, 0) is 58.2 Å². The number of rotatable bonds is 3. The predicted octanol–water partition coefficient (Wildman–Crippen LogP) is 0.587.